The minimum absolute atomic E-state index is 0.0790. The van der Waals surface area contributed by atoms with Crippen molar-refractivity contribution in [1.82, 2.24) is 15.1 Å². The molecule has 0 spiro atoms. The van der Waals surface area contributed by atoms with Crippen molar-refractivity contribution in [1.29, 1.82) is 0 Å². The summed E-state index contributed by atoms with van der Waals surface area (Å²) in [6.07, 6.45) is 2.06. The van der Waals surface area contributed by atoms with E-state index in [2.05, 4.69) is 15.7 Å². The van der Waals surface area contributed by atoms with Gasteiger partial charge in [-0.05, 0) is 61.7 Å². The zero-order chi connectivity index (χ0) is 22.7. The maximum Gasteiger partial charge on any atom is 0.251 e. The van der Waals surface area contributed by atoms with Crippen molar-refractivity contribution in [2.24, 2.45) is 0 Å². The highest BCUT2D eigenvalue weighted by Gasteiger charge is 2.20. The maximum atomic E-state index is 13.4. The molecule has 0 radical (unpaired) electrons. The molecule has 7 nitrogen and oxygen atoms in total. The second kappa shape index (κ2) is 9.32. The predicted molar refractivity (Wildman–Crippen MR) is 119 cm³/mol. The molecule has 1 saturated heterocycles. The van der Waals surface area contributed by atoms with Crippen LogP contribution in [0.3, 0.4) is 0 Å². The van der Waals surface area contributed by atoms with Gasteiger partial charge < -0.3 is 15.4 Å². The number of carbonyl (C=O) groups excluding carboxylic acids is 2. The number of hydrogen-bond donors (Lipinski definition) is 2. The van der Waals surface area contributed by atoms with Crippen LogP contribution in [0.2, 0.25) is 0 Å². The molecule has 8 heteroatoms. The topological polar surface area (TPSA) is 85.2 Å². The van der Waals surface area contributed by atoms with Crippen molar-refractivity contribution in [3.05, 3.63) is 65.6 Å². The molecule has 0 unspecified atom stereocenters. The number of aryl methyl sites for hydroxylation is 1. The molecular weight excluding hydrogens is 411 g/mol. The Hall–Kier alpha value is -3.52. The third kappa shape index (κ3) is 4.70. The maximum absolute atomic E-state index is 13.4. The van der Waals surface area contributed by atoms with Crippen molar-refractivity contribution in [3.63, 3.8) is 0 Å². The van der Waals surface area contributed by atoms with Crippen LogP contribution in [0.4, 0.5) is 10.2 Å². The number of amides is 2. The van der Waals surface area contributed by atoms with Gasteiger partial charge in [-0.2, -0.15) is 5.10 Å². The number of rotatable bonds is 6. The van der Waals surface area contributed by atoms with Crippen LogP contribution in [0.5, 0.6) is 0 Å². The summed E-state index contributed by atoms with van der Waals surface area (Å²) in [6.45, 7) is 4.48. The lowest BCUT2D eigenvalue weighted by molar-refractivity contribution is -0.114. The molecule has 3 aromatic rings. The number of anilines is 1. The fourth-order valence-corrected chi connectivity index (χ4v) is 3.83. The molecule has 2 heterocycles. The van der Waals surface area contributed by atoms with Crippen LogP contribution in [-0.4, -0.2) is 40.9 Å². The Morgan fingerprint density at radius 1 is 1.16 bits per heavy atom. The Morgan fingerprint density at radius 3 is 2.50 bits per heavy atom. The summed E-state index contributed by atoms with van der Waals surface area (Å²) >= 11 is 0. The Kier molecular flexibility index (Phi) is 6.32. The summed E-state index contributed by atoms with van der Waals surface area (Å²) < 4.78 is 20.5. The first-order chi connectivity index (χ1) is 15.4. The van der Waals surface area contributed by atoms with Crippen LogP contribution in [0.1, 0.15) is 35.8 Å². The molecule has 2 amide bonds. The van der Waals surface area contributed by atoms with Crippen LogP contribution in [-0.2, 0) is 9.53 Å². The molecule has 0 aliphatic carbocycles. The molecule has 1 aliphatic rings. The number of nitrogens with one attached hydrogen (secondary N) is 2. The summed E-state index contributed by atoms with van der Waals surface area (Å²) in [4.78, 5) is 24.3. The van der Waals surface area contributed by atoms with Crippen LogP contribution in [0.25, 0.3) is 16.8 Å². The van der Waals surface area contributed by atoms with Gasteiger partial charge in [0.25, 0.3) is 5.91 Å². The molecule has 1 atom stereocenters. The molecule has 166 valence electrons. The summed E-state index contributed by atoms with van der Waals surface area (Å²) in [5, 5.41) is 10.3. The van der Waals surface area contributed by atoms with E-state index in [4.69, 9.17) is 4.74 Å². The summed E-state index contributed by atoms with van der Waals surface area (Å²) in [5.74, 6) is -0.275. The summed E-state index contributed by atoms with van der Waals surface area (Å²) in [7, 11) is 0. The van der Waals surface area contributed by atoms with E-state index in [1.54, 1.807) is 41.1 Å². The third-order valence-corrected chi connectivity index (χ3v) is 5.38. The van der Waals surface area contributed by atoms with Gasteiger partial charge in [-0.25, -0.2) is 9.07 Å². The lowest BCUT2D eigenvalue weighted by Crippen LogP contribution is -2.31. The number of hydrogen-bond acceptors (Lipinski definition) is 4. The first kappa shape index (κ1) is 21.7. The highest BCUT2D eigenvalue weighted by atomic mass is 19.1. The van der Waals surface area contributed by atoms with Gasteiger partial charge >= 0.3 is 0 Å². The van der Waals surface area contributed by atoms with E-state index in [1.165, 1.54) is 19.1 Å². The normalized spacial score (nSPS) is 15.5. The van der Waals surface area contributed by atoms with E-state index in [9.17, 15) is 14.0 Å². The Labute approximate surface area is 185 Å². The number of nitrogens with zero attached hydrogens (tertiary/aromatic N) is 2. The first-order valence-electron chi connectivity index (χ1n) is 10.6. The first-order valence-corrected chi connectivity index (χ1v) is 10.6. The second-order valence-electron chi connectivity index (χ2n) is 7.80. The number of ether oxygens (including phenoxy) is 1. The van der Waals surface area contributed by atoms with Gasteiger partial charge in [-0.3, -0.25) is 9.59 Å². The van der Waals surface area contributed by atoms with Crippen molar-refractivity contribution in [2.45, 2.75) is 32.8 Å². The minimum Gasteiger partial charge on any atom is -0.376 e. The van der Waals surface area contributed by atoms with Crippen LogP contribution in [0.15, 0.2) is 48.5 Å². The number of halogens is 1. The van der Waals surface area contributed by atoms with Crippen LogP contribution in [0, 0.1) is 12.7 Å². The standard InChI is InChI=1S/C24H25FN4O3/c1-15-22(17-5-9-19(25)10-6-17)23(27-16(2)30)29(28-15)20-11-7-18(8-12-20)24(31)26-14-21-4-3-13-32-21/h5-12,21H,3-4,13-14H2,1-2H3,(H,26,31)(H,27,30)/t21-/m1/s1. The zero-order valence-corrected chi connectivity index (χ0v) is 18.0. The minimum atomic E-state index is -0.340. The van der Waals surface area contributed by atoms with Gasteiger partial charge in [0.2, 0.25) is 5.91 Å². The second-order valence-corrected chi connectivity index (χ2v) is 7.80. The molecule has 1 fully saturated rings. The average Bonchev–Trinajstić information content (AvgIpc) is 3.41. The monoisotopic (exact) mass is 436 g/mol. The highest BCUT2D eigenvalue weighted by molar-refractivity contribution is 5.95. The van der Waals surface area contributed by atoms with Crippen LogP contribution < -0.4 is 10.6 Å². The molecule has 1 aromatic heterocycles. The van der Waals surface area contributed by atoms with Crippen LogP contribution >= 0.6 is 0 Å². The molecule has 4 rings (SSSR count). The quantitative estimate of drug-likeness (QED) is 0.615. The smallest absolute Gasteiger partial charge is 0.251 e. The molecule has 0 saturated carbocycles. The fraction of sp³-hybridized carbons (Fsp3) is 0.292. The molecule has 0 bridgehead atoms. The lowest BCUT2D eigenvalue weighted by atomic mass is 10.1. The van der Waals surface area contributed by atoms with Gasteiger partial charge in [0, 0.05) is 31.2 Å². The third-order valence-electron chi connectivity index (χ3n) is 5.38. The Balaban J connectivity index is 1.61. The van der Waals surface area contributed by atoms with Gasteiger partial charge in [-0.15, -0.1) is 0 Å². The summed E-state index contributed by atoms with van der Waals surface area (Å²) in [5.41, 5.74) is 3.33. The summed E-state index contributed by atoms with van der Waals surface area (Å²) in [6, 6.07) is 13.0. The van der Waals surface area contributed by atoms with E-state index in [0.29, 0.717) is 34.9 Å². The average molecular weight is 436 g/mol. The zero-order valence-electron chi connectivity index (χ0n) is 18.0. The molecule has 2 aromatic carbocycles. The van der Waals surface area contributed by atoms with E-state index in [0.717, 1.165) is 25.0 Å². The van der Waals surface area contributed by atoms with Gasteiger partial charge in [-0.1, -0.05) is 12.1 Å². The van der Waals surface area contributed by atoms with Gasteiger partial charge in [0.05, 0.1) is 17.5 Å². The highest BCUT2D eigenvalue weighted by Crippen LogP contribution is 2.33. The van der Waals surface area contributed by atoms with E-state index in [1.807, 2.05) is 6.92 Å². The Bertz CT molecular complexity index is 1120. The number of benzene rings is 2. The van der Waals surface area contributed by atoms with Crippen molar-refractivity contribution >= 4 is 17.6 Å². The lowest BCUT2D eigenvalue weighted by Gasteiger charge is -2.12. The molecule has 32 heavy (non-hydrogen) atoms. The Morgan fingerprint density at radius 2 is 1.88 bits per heavy atom. The fourth-order valence-electron chi connectivity index (χ4n) is 3.83. The number of aromatic nitrogens is 2. The van der Waals surface area contributed by atoms with Crippen molar-refractivity contribution < 1.29 is 18.7 Å². The van der Waals surface area contributed by atoms with Gasteiger partial charge in [0.1, 0.15) is 11.6 Å². The molecule has 2 N–H and O–H groups in total. The van der Waals surface area contributed by atoms with E-state index < -0.39 is 0 Å². The van der Waals surface area contributed by atoms with E-state index >= 15 is 0 Å². The van der Waals surface area contributed by atoms with Crippen molar-refractivity contribution in [3.8, 4) is 16.8 Å². The SMILES string of the molecule is CC(=O)Nc1c(-c2ccc(F)cc2)c(C)nn1-c1ccc(C(=O)NC[C@H]2CCCO2)cc1. The molecular formula is C24H25FN4O3. The van der Waals surface area contributed by atoms with E-state index in [-0.39, 0.29) is 23.7 Å². The molecule has 1 aliphatic heterocycles. The van der Waals surface area contributed by atoms with Gasteiger partial charge in [0.15, 0.2) is 0 Å². The largest absolute Gasteiger partial charge is 0.376 e. The van der Waals surface area contributed by atoms with Crippen molar-refractivity contribution in [2.75, 3.05) is 18.5 Å². The number of carbonyl (C=O) groups is 2. The predicted octanol–water partition coefficient (Wildman–Crippen LogP) is 3.85.